The topological polar surface area (TPSA) is 40.0 Å². The molecule has 3 aliphatic heterocycles. The fourth-order valence-electron chi connectivity index (χ4n) is 5.20. The molecule has 3 aliphatic rings. The van der Waals surface area contributed by atoms with Crippen molar-refractivity contribution in [2.45, 2.75) is 46.7 Å². The van der Waals surface area contributed by atoms with Crippen LogP contribution in [0, 0.1) is 0 Å². The number of hydrogen-bond donors (Lipinski definition) is 0. The van der Waals surface area contributed by atoms with Gasteiger partial charge in [-0.2, -0.15) is 0 Å². The predicted octanol–water partition coefficient (Wildman–Crippen LogP) is 3.98. The van der Waals surface area contributed by atoms with Crippen LogP contribution in [0.2, 0.25) is 0 Å². The zero-order chi connectivity index (χ0) is 22.4. The third kappa shape index (κ3) is 5.21. The Kier molecular flexibility index (Phi) is 7.58. The van der Waals surface area contributed by atoms with Gasteiger partial charge in [-0.3, -0.25) is 4.90 Å². The number of hydrogen-bond acceptors (Lipinski definition) is 4. The van der Waals surface area contributed by atoms with E-state index in [0.717, 1.165) is 37.8 Å². The van der Waals surface area contributed by atoms with Gasteiger partial charge in [-0.1, -0.05) is 12.0 Å². The summed E-state index contributed by atoms with van der Waals surface area (Å²) < 4.78 is 5.60. The summed E-state index contributed by atoms with van der Waals surface area (Å²) >= 11 is 0. The van der Waals surface area contributed by atoms with E-state index in [9.17, 15) is 0 Å². The molecule has 0 aliphatic carbocycles. The normalized spacial score (nSPS) is 22.7. The second-order valence-corrected chi connectivity index (χ2v) is 9.30. The molecule has 0 atom stereocenters. The first-order chi connectivity index (χ1) is 15.7. The number of fused-ring (bicyclic) bond motifs is 3. The van der Waals surface area contributed by atoms with Gasteiger partial charge in [0.25, 0.3) is 0 Å². The van der Waals surface area contributed by atoms with Gasteiger partial charge in [-0.05, 0) is 44.5 Å². The van der Waals surface area contributed by atoms with E-state index in [0.29, 0.717) is 0 Å². The van der Waals surface area contributed by atoms with Crippen molar-refractivity contribution in [2.24, 2.45) is 10.2 Å². The smallest absolute Gasteiger partial charge is 0.371 e. The van der Waals surface area contributed by atoms with Gasteiger partial charge in [-0.25, -0.2) is 9.13 Å². The maximum absolute atomic E-state index is 4.54. The van der Waals surface area contributed by atoms with E-state index in [2.05, 4.69) is 86.6 Å². The molecule has 0 amide bonds. The van der Waals surface area contributed by atoms with Crippen LogP contribution in [0.1, 0.15) is 33.6 Å². The number of quaternary nitrogens is 1. The summed E-state index contributed by atoms with van der Waals surface area (Å²) in [6, 6.07) is 8.62. The molecule has 1 aromatic carbocycles. The van der Waals surface area contributed by atoms with Crippen molar-refractivity contribution >= 4 is 17.3 Å². The lowest BCUT2D eigenvalue weighted by Gasteiger charge is -2.50. The predicted molar refractivity (Wildman–Crippen MR) is 130 cm³/mol. The van der Waals surface area contributed by atoms with E-state index in [-0.39, 0.29) is 0 Å². The molecule has 0 unspecified atom stereocenters. The fourth-order valence-corrected chi connectivity index (χ4v) is 5.20. The number of piperazine rings is 3. The average molecular weight is 440 g/mol. The van der Waals surface area contributed by atoms with Crippen LogP contribution in [0.3, 0.4) is 0 Å². The molecule has 3 fully saturated rings. The van der Waals surface area contributed by atoms with E-state index in [1.54, 1.807) is 0 Å². The van der Waals surface area contributed by atoms with E-state index in [1.165, 1.54) is 68.8 Å². The van der Waals surface area contributed by atoms with Gasteiger partial charge in [0.05, 0.1) is 51.7 Å². The molecule has 0 spiro atoms. The highest BCUT2D eigenvalue weighted by Crippen LogP contribution is 2.24. The van der Waals surface area contributed by atoms with Crippen molar-refractivity contribution in [1.82, 2.24) is 9.47 Å². The summed E-state index contributed by atoms with van der Waals surface area (Å²) in [4.78, 5) is 5.18. The first-order valence-electron chi connectivity index (χ1n) is 12.6. The summed E-state index contributed by atoms with van der Waals surface area (Å²) in [5.41, 5.74) is 2.20. The molecular formula is C25H41N7+2. The lowest BCUT2D eigenvalue weighted by Crippen LogP contribution is -2.67. The molecule has 32 heavy (non-hydrogen) atoms. The van der Waals surface area contributed by atoms with Crippen molar-refractivity contribution < 1.29 is 9.05 Å². The zero-order valence-electron chi connectivity index (χ0n) is 20.3. The Morgan fingerprint density at radius 1 is 0.969 bits per heavy atom. The minimum atomic E-state index is 0.893. The van der Waals surface area contributed by atoms with Gasteiger partial charge in [0.2, 0.25) is 0 Å². The number of anilines is 1. The highest BCUT2D eigenvalue weighted by molar-refractivity contribution is 5.52. The number of rotatable bonds is 11. The molecule has 0 radical (unpaired) electrons. The van der Waals surface area contributed by atoms with Gasteiger partial charge in [0.15, 0.2) is 0 Å². The van der Waals surface area contributed by atoms with Crippen LogP contribution >= 0.6 is 0 Å². The molecule has 7 nitrogen and oxygen atoms in total. The molecule has 174 valence electrons. The Bertz CT molecular complexity index is 843. The van der Waals surface area contributed by atoms with Crippen molar-refractivity contribution in [2.75, 3.05) is 63.8 Å². The van der Waals surface area contributed by atoms with Gasteiger partial charge < -0.3 is 9.38 Å². The molecular weight excluding hydrogens is 398 g/mol. The van der Waals surface area contributed by atoms with E-state index >= 15 is 0 Å². The molecule has 0 N–H and O–H groups in total. The highest BCUT2D eigenvalue weighted by atomic mass is 15.5. The Morgan fingerprint density at radius 2 is 1.69 bits per heavy atom. The summed E-state index contributed by atoms with van der Waals surface area (Å²) in [6.45, 7) is 19.9. The van der Waals surface area contributed by atoms with Crippen molar-refractivity contribution in [3.8, 4) is 0 Å². The first-order valence-corrected chi connectivity index (χ1v) is 12.6. The SMILES string of the molecule is CCCN(CCC[N+]12CCN(CC1)CC2)c1ccc(/N=N/c2n(CC)cc[n+]2CC)cc1. The highest BCUT2D eigenvalue weighted by Gasteiger charge is 2.37. The minimum absolute atomic E-state index is 0.893. The zero-order valence-corrected chi connectivity index (χ0v) is 20.3. The Morgan fingerprint density at radius 3 is 2.31 bits per heavy atom. The molecule has 0 saturated carbocycles. The maximum Gasteiger partial charge on any atom is 0.421 e. The third-order valence-corrected chi connectivity index (χ3v) is 7.32. The second-order valence-electron chi connectivity index (χ2n) is 9.30. The Balaban J connectivity index is 1.37. The largest absolute Gasteiger partial charge is 0.421 e. The lowest BCUT2D eigenvalue weighted by atomic mass is 10.1. The van der Waals surface area contributed by atoms with Crippen LogP contribution in [-0.2, 0) is 13.1 Å². The molecule has 4 heterocycles. The number of aromatic nitrogens is 2. The van der Waals surface area contributed by atoms with Crippen LogP contribution in [-0.4, -0.2) is 72.9 Å². The molecule has 2 bridgehead atoms. The fraction of sp³-hybridized carbons (Fsp3) is 0.640. The van der Waals surface area contributed by atoms with Crippen molar-refractivity contribution in [3.63, 3.8) is 0 Å². The number of aryl methyl sites for hydroxylation is 2. The Hall–Kier alpha value is -2.25. The number of benzene rings is 1. The van der Waals surface area contributed by atoms with Crippen LogP contribution in [0.5, 0.6) is 0 Å². The molecule has 1 aromatic heterocycles. The maximum atomic E-state index is 4.54. The third-order valence-electron chi connectivity index (χ3n) is 7.32. The molecule has 7 heteroatoms. The quantitative estimate of drug-likeness (QED) is 0.302. The standard InChI is InChI=1S/C25H41N7/c1-4-12-31(13-7-19-32-20-16-28(17-21-32)18-22-32)24-10-8-23(9-11-24)26-27-25-29(5-2)14-15-30(25)6-3/h8-11,14-15H,4-7,12-13,16-22H2,1-3H3/q+2. The monoisotopic (exact) mass is 439 g/mol. The lowest BCUT2D eigenvalue weighted by molar-refractivity contribution is -0.941. The first kappa shape index (κ1) is 22.9. The summed E-state index contributed by atoms with van der Waals surface area (Å²) in [6.07, 6.45) is 6.57. The van der Waals surface area contributed by atoms with Crippen LogP contribution in [0.25, 0.3) is 0 Å². The van der Waals surface area contributed by atoms with E-state index < -0.39 is 0 Å². The van der Waals surface area contributed by atoms with Crippen LogP contribution in [0.15, 0.2) is 46.9 Å². The molecule has 2 aromatic rings. The van der Waals surface area contributed by atoms with Gasteiger partial charge in [-0.15, -0.1) is 0 Å². The van der Waals surface area contributed by atoms with E-state index in [4.69, 9.17) is 0 Å². The van der Waals surface area contributed by atoms with Crippen molar-refractivity contribution in [3.05, 3.63) is 36.7 Å². The van der Waals surface area contributed by atoms with E-state index in [1.807, 2.05) is 0 Å². The number of nitrogens with zero attached hydrogens (tertiary/aromatic N) is 7. The summed E-state index contributed by atoms with van der Waals surface area (Å²) in [7, 11) is 0. The van der Waals surface area contributed by atoms with Crippen LogP contribution < -0.4 is 9.47 Å². The second kappa shape index (κ2) is 10.6. The number of azo groups is 1. The van der Waals surface area contributed by atoms with Crippen molar-refractivity contribution in [1.29, 1.82) is 0 Å². The molecule has 3 saturated heterocycles. The Labute approximate surface area is 193 Å². The number of imidazole rings is 1. The van der Waals surface area contributed by atoms with Crippen LogP contribution in [0.4, 0.5) is 17.3 Å². The summed E-state index contributed by atoms with van der Waals surface area (Å²) in [5, 5.41) is 9.06. The van der Waals surface area contributed by atoms with Gasteiger partial charge >= 0.3 is 5.95 Å². The molecule has 5 rings (SSSR count). The van der Waals surface area contributed by atoms with Gasteiger partial charge in [0, 0.05) is 49.9 Å². The average Bonchev–Trinajstić information content (AvgIpc) is 3.25. The van der Waals surface area contributed by atoms with Gasteiger partial charge in [0.1, 0.15) is 5.69 Å². The summed E-state index contributed by atoms with van der Waals surface area (Å²) in [5.74, 6) is 0.901. The minimum Gasteiger partial charge on any atom is -0.371 e.